The van der Waals surface area contributed by atoms with Crippen molar-refractivity contribution < 1.29 is 180 Å². The highest BCUT2D eigenvalue weighted by Gasteiger charge is 2.49. The molecule has 3 atom stereocenters. The van der Waals surface area contributed by atoms with Crippen LogP contribution < -0.4 is 10.6 Å². The number of carboxylic acid groups (broad SMARTS) is 1. The molecule has 0 aliphatic carbocycles. The van der Waals surface area contributed by atoms with Crippen LogP contribution in [0.5, 0.6) is 0 Å². The summed E-state index contributed by atoms with van der Waals surface area (Å²) in [4.78, 5) is 159. The first-order chi connectivity index (χ1) is 62.4. The van der Waals surface area contributed by atoms with Crippen molar-refractivity contribution in [1.82, 2.24) is 10.6 Å². The standard InChI is InChI=1S/C90H162N3O37P/c1-12-89(7,85(105)127-71-72-129-131(107,108)128-50-41-93(9,10)11)74-90(8,83(103)91-39-48-109-51-53-111-55-57-113-59-61-115-63-65-117-67-68-118-66-64-116-62-60-114-58-56-112-54-52-110-49-40-92-86(106)130-87(2,3)4)73-88(5,6)84(104)126-70-69-125-81(101)36-24-18-29-46-123-79(99)34-22-16-27-44-121-77(97)32-20-14-25-42-119-76(96)31-19-13-26-43-120-78(98)33-21-15-28-45-122-80(100)35-23-17-30-47-124-82(102)38-37-75(94)95/h12-74H2,1-11H3,(H3-,91,92,94,95,103,106,107,108)/p+1. The number of nitrogens with zero attached hydrogens (tertiary/aromatic N) is 1. The molecule has 0 aromatic carbocycles. The first-order valence-electron chi connectivity index (χ1n) is 46.5. The predicted molar refractivity (Wildman–Crippen MR) is 476 cm³/mol. The van der Waals surface area contributed by atoms with Crippen LogP contribution in [0.4, 0.5) is 4.79 Å². The van der Waals surface area contributed by atoms with E-state index in [1.54, 1.807) is 55.4 Å². The molecule has 0 saturated carbocycles. The van der Waals surface area contributed by atoms with Crippen LogP contribution in [0, 0.1) is 16.2 Å². The van der Waals surface area contributed by atoms with Gasteiger partial charge in [0.05, 0.1) is 223 Å². The molecule has 0 aliphatic rings. The monoisotopic (exact) mass is 1910 g/mol. The van der Waals surface area contributed by atoms with Crippen LogP contribution in [0.2, 0.25) is 0 Å². The molecule has 0 heterocycles. The fourth-order valence-corrected chi connectivity index (χ4v) is 12.8. The van der Waals surface area contributed by atoms with E-state index in [-0.39, 0.29) is 186 Å². The number of hydrogen-bond acceptors (Lipinski definition) is 35. The summed E-state index contributed by atoms with van der Waals surface area (Å²) < 4.78 is 132. The van der Waals surface area contributed by atoms with Gasteiger partial charge in [0.2, 0.25) is 5.91 Å². The van der Waals surface area contributed by atoms with Crippen LogP contribution in [0.3, 0.4) is 0 Å². The number of unbranched alkanes of at least 4 members (excludes halogenated alkanes) is 12. The summed E-state index contributed by atoms with van der Waals surface area (Å²) in [6.45, 7) is 21.7. The minimum atomic E-state index is -4.45. The summed E-state index contributed by atoms with van der Waals surface area (Å²) in [7, 11) is 1.22. The van der Waals surface area contributed by atoms with Crippen molar-refractivity contribution in [2.75, 3.05) is 246 Å². The molecular weight excluding hydrogens is 1750 g/mol. The third-order valence-electron chi connectivity index (χ3n) is 19.2. The van der Waals surface area contributed by atoms with E-state index in [0.29, 0.717) is 245 Å². The summed E-state index contributed by atoms with van der Waals surface area (Å²) in [5.41, 5.74) is -4.58. The molecule has 2 amide bonds. The molecule has 0 aliphatic heterocycles. The van der Waals surface area contributed by atoms with Gasteiger partial charge in [-0.25, -0.2) is 9.36 Å². The van der Waals surface area contributed by atoms with Crippen LogP contribution in [0.1, 0.15) is 242 Å². The number of amides is 2. The average Bonchev–Trinajstić information content (AvgIpc) is 0.783. The maximum absolute atomic E-state index is 14.4. The molecule has 764 valence electrons. The number of phosphoric acid groups is 1. The lowest BCUT2D eigenvalue weighted by Crippen LogP contribution is -2.48. The van der Waals surface area contributed by atoms with Gasteiger partial charge in [-0.15, -0.1) is 0 Å². The molecule has 0 fully saturated rings. The topological polar surface area (TPSA) is 489 Å². The SMILES string of the molecule is CCC(C)(CC(C)(CC(C)(C)C(=O)OCCOC(=O)CCCCCOC(=O)CCCCCOC(=O)CCCCCOC(=O)CCCCCOC(=O)CCCCCOC(=O)CCCCCOC(=O)CCC(=O)O)C(=O)NCCOCCOCCOCCOCCOCCOCCOCCOCCOCCOCCNC(=O)OC(C)(C)C)C(=O)OCCOP(=O)(O)OCC[N+](C)(C)C. The van der Waals surface area contributed by atoms with Gasteiger partial charge in [-0.2, -0.15) is 0 Å². The smallest absolute Gasteiger partial charge is 0.472 e. The lowest BCUT2D eigenvalue weighted by molar-refractivity contribution is -0.870. The number of likely N-dealkylation sites (N-methyl/N-ethyl adjacent to an activating group) is 1. The summed E-state index contributed by atoms with van der Waals surface area (Å²) in [6.07, 6.45) is 11.2. The van der Waals surface area contributed by atoms with Crippen molar-refractivity contribution in [3.63, 3.8) is 0 Å². The van der Waals surface area contributed by atoms with Gasteiger partial charge in [-0.05, 0) is 176 Å². The summed E-state index contributed by atoms with van der Waals surface area (Å²) in [5.74, 6) is -5.61. The first kappa shape index (κ1) is 124. The molecule has 0 radical (unpaired) electrons. The second-order valence-corrected chi connectivity index (χ2v) is 35.7. The van der Waals surface area contributed by atoms with Gasteiger partial charge in [0.15, 0.2) is 0 Å². The Labute approximate surface area is 776 Å². The number of quaternary nitrogens is 1. The van der Waals surface area contributed by atoms with Crippen molar-refractivity contribution in [2.24, 2.45) is 16.2 Å². The Kier molecular flexibility index (Phi) is 75.2. The van der Waals surface area contributed by atoms with Crippen molar-refractivity contribution in [1.29, 1.82) is 0 Å². The number of phosphoric ester groups is 1. The third kappa shape index (κ3) is 80.1. The zero-order valence-electron chi connectivity index (χ0n) is 80.6. The average molecular weight is 1910 g/mol. The lowest BCUT2D eigenvalue weighted by atomic mass is 9.64. The predicted octanol–water partition coefficient (Wildman–Crippen LogP) is 9.98. The van der Waals surface area contributed by atoms with E-state index in [1.807, 2.05) is 21.1 Å². The second-order valence-electron chi connectivity index (χ2n) is 34.2. The van der Waals surface area contributed by atoms with Crippen molar-refractivity contribution in [3.8, 4) is 0 Å². The maximum Gasteiger partial charge on any atom is 0.472 e. The van der Waals surface area contributed by atoms with Crippen molar-refractivity contribution in [2.45, 2.75) is 247 Å². The quantitative estimate of drug-likeness (QED) is 0.0144. The van der Waals surface area contributed by atoms with E-state index in [0.717, 1.165) is 0 Å². The zero-order valence-corrected chi connectivity index (χ0v) is 81.5. The van der Waals surface area contributed by atoms with E-state index in [1.165, 1.54) is 0 Å². The number of aliphatic carboxylic acids is 1. The summed E-state index contributed by atoms with van der Waals surface area (Å²) in [5, 5.41) is 14.1. The highest BCUT2D eigenvalue weighted by molar-refractivity contribution is 7.47. The Balaban J connectivity index is 4.47. The van der Waals surface area contributed by atoms with Crippen LogP contribution in [0.15, 0.2) is 0 Å². The van der Waals surface area contributed by atoms with E-state index < -0.39 is 84.7 Å². The molecule has 41 heteroatoms. The summed E-state index contributed by atoms with van der Waals surface area (Å²) in [6, 6.07) is 0. The maximum atomic E-state index is 14.4. The molecule has 0 aromatic heterocycles. The zero-order chi connectivity index (χ0) is 97.4. The van der Waals surface area contributed by atoms with Crippen LogP contribution in [-0.4, -0.2) is 337 Å². The normalized spacial score (nSPS) is 13.0. The van der Waals surface area contributed by atoms with Crippen LogP contribution >= 0.6 is 7.82 Å². The molecule has 131 heavy (non-hydrogen) atoms. The Bertz CT molecular complexity index is 3100. The van der Waals surface area contributed by atoms with E-state index in [4.69, 9.17) is 109 Å². The first-order valence-corrected chi connectivity index (χ1v) is 48.0. The Hall–Kier alpha value is -6.89. The highest BCUT2D eigenvalue weighted by Crippen LogP contribution is 2.46. The minimum absolute atomic E-state index is 0.0513. The number of rotatable bonds is 91. The number of nitrogens with one attached hydrogen (secondary N) is 2. The van der Waals surface area contributed by atoms with Gasteiger partial charge < -0.3 is 120 Å². The number of carboxylic acids is 1. The molecule has 0 rings (SSSR count). The number of ether oxygens (including phenoxy) is 20. The molecule has 0 aromatic rings. The van der Waals surface area contributed by atoms with E-state index in [2.05, 4.69) is 10.6 Å². The van der Waals surface area contributed by atoms with Gasteiger partial charge in [0.1, 0.15) is 38.6 Å². The van der Waals surface area contributed by atoms with Crippen molar-refractivity contribution in [3.05, 3.63) is 0 Å². The molecule has 4 N–H and O–H groups in total. The second kappa shape index (κ2) is 79.3. The van der Waals surface area contributed by atoms with Gasteiger partial charge in [0, 0.05) is 57.0 Å². The van der Waals surface area contributed by atoms with Gasteiger partial charge in [0.25, 0.3) is 0 Å². The molecular formula is C90H163N3O37P+. The highest BCUT2D eigenvalue weighted by atomic mass is 31.2. The molecule has 0 bridgehead atoms. The number of hydrogen-bond donors (Lipinski definition) is 4. The number of carbonyl (C=O) groups excluding carboxylic acids is 11. The molecule has 0 spiro atoms. The van der Waals surface area contributed by atoms with Crippen LogP contribution in [0.25, 0.3) is 0 Å². The van der Waals surface area contributed by atoms with Crippen molar-refractivity contribution >= 4 is 79.5 Å². The number of alkyl carbamates (subject to hydrolysis) is 1. The number of esters is 9. The molecule has 40 nitrogen and oxygen atoms in total. The summed E-state index contributed by atoms with van der Waals surface area (Å²) >= 11 is 0. The van der Waals surface area contributed by atoms with Gasteiger partial charge >= 0.3 is 73.6 Å². The fraction of sp³-hybridized carbons (Fsp3) is 0.867. The van der Waals surface area contributed by atoms with E-state index >= 15 is 0 Å². The van der Waals surface area contributed by atoms with Gasteiger partial charge in [-0.3, -0.25) is 61.8 Å². The Morgan fingerprint density at radius 2 is 0.573 bits per heavy atom. The largest absolute Gasteiger partial charge is 0.481 e. The lowest BCUT2D eigenvalue weighted by Gasteiger charge is -2.40. The number of carbonyl (C=O) groups is 12. The van der Waals surface area contributed by atoms with Gasteiger partial charge in [-0.1, -0.05) is 13.8 Å². The Morgan fingerprint density at radius 3 is 0.878 bits per heavy atom. The van der Waals surface area contributed by atoms with E-state index in [9.17, 15) is 67.0 Å². The minimum Gasteiger partial charge on any atom is -0.481 e. The third-order valence-corrected chi connectivity index (χ3v) is 20.2. The van der Waals surface area contributed by atoms with Crippen LogP contribution in [-0.2, 0) is 161 Å². The Morgan fingerprint density at radius 1 is 0.298 bits per heavy atom. The molecule has 3 unspecified atom stereocenters. The fourth-order valence-electron chi connectivity index (χ4n) is 12.1. The molecule has 0 saturated heterocycles.